The molecule has 0 heterocycles. The lowest BCUT2D eigenvalue weighted by molar-refractivity contribution is 0.0166. The van der Waals surface area contributed by atoms with E-state index in [1.165, 1.54) is 0 Å². The molecule has 18 heavy (non-hydrogen) atoms. The van der Waals surface area contributed by atoms with Crippen LogP contribution in [-0.2, 0) is 14.2 Å². The third-order valence-corrected chi connectivity index (χ3v) is 2.22. The summed E-state index contributed by atoms with van der Waals surface area (Å²) < 4.78 is 15.4. The number of carbonyl (C=O) groups is 1. The average Bonchev–Trinajstić information content (AvgIpc) is 2.42. The number of alkyl halides is 1. The molecule has 0 N–H and O–H groups in total. The van der Waals surface area contributed by atoms with Gasteiger partial charge in [-0.15, -0.1) is 11.6 Å². The minimum Gasteiger partial charge on any atom is -0.460 e. The fourth-order valence-electron chi connectivity index (χ4n) is 1.23. The maximum absolute atomic E-state index is 11.5. The Kier molecular flexibility index (Phi) is 8.21. The van der Waals surface area contributed by atoms with Gasteiger partial charge >= 0.3 is 5.97 Å². The number of benzene rings is 1. The highest BCUT2D eigenvalue weighted by Crippen LogP contribution is 2.00. The summed E-state index contributed by atoms with van der Waals surface area (Å²) in [6.45, 7) is 2.10. The fraction of sp³-hybridized carbons (Fsp3) is 0.462. The molecule has 0 atom stereocenters. The molecule has 0 aliphatic rings. The van der Waals surface area contributed by atoms with Gasteiger partial charge in [-0.1, -0.05) is 18.2 Å². The van der Waals surface area contributed by atoms with Crippen LogP contribution in [-0.4, -0.2) is 44.9 Å². The SMILES string of the molecule is O=C(OCCOCCOCCCl)c1ccccc1. The average molecular weight is 273 g/mol. The van der Waals surface area contributed by atoms with E-state index in [4.69, 9.17) is 25.8 Å². The Bertz CT molecular complexity index is 329. The Balaban J connectivity index is 2.00. The first-order chi connectivity index (χ1) is 8.84. The number of hydrogen-bond acceptors (Lipinski definition) is 4. The van der Waals surface area contributed by atoms with Crippen molar-refractivity contribution in [2.24, 2.45) is 0 Å². The summed E-state index contributed by atoms with van der Waals surface area (Å²) in [4.78, 5) is 11.5. The number of halogens is 1. The lowest BCUT2D eigenvalue weighted by Crippen LogP contribution is -2.13. The Labute approximate surface area is 112 Å². The van der Waals surface area contributed by atoms with Crippen LogP contribution in [0.5, 0.6) is 0 Å². The zero-order valence-electron chi connectivity index (χ0n) is 10.1. The van der Waals surface area contributed by atoms with E-state index < -0.39 is 0 Å². The molecule has 0 spiro atoms. The maximum Gasteiger partial charge on any atom is 0.338 e. The number of rotatable bonds is 9. The van der Waals surface area contributed by atoms with Crippen LogP contribution in [0.1, 0.15) is 10.4 Å². The zero-order valence-corrected chi connectivity index (χ0v) is 10.9. The fourth-order valence-corrected chi connectivity index (χ4v) is 1.34. The van der Waals surface area contributed by atoms with Crippen molar-refractivity contribution >= 4 is 17.6 Å². The van der Waals surface area contributed by atoms with Crippen LogP contribution < -0.4 is 0 Å². The van der Waals surface area contributed by atoms with Gasteiger partial charge < -0.3 is 14.2 Å². The van der Waals surface area contributed by atoms with Gasteiger partial charge in [0.15, 0.2) is 0 Å². The van der Waals surface area contributed by atoms with Gasteiger partial charge in [-0.2, -0.15) is 0 Å². The smallest absolute Gasteiger partial charge is 0.338 e. The van der Waals surface area contributed by atoms with Gasteiger partial charge in [-0.3, -0.25) is 0 Å². The molecule has 1 aromatic carbocycles. The van der Waals surface area contributed by atoms with Crippen LogP contribution in [0.2, 0.25) is 0 Å². The van der Waals surface area contributed by atoms with E-state index in [0.717, 1.165) is 0 Å². The van der Waals surface area contributed by atoms with Crippen molar-refractivity contribution in [2.45, 2.75) is 0 Å². The van der Waals surface area contributed by atoms with Crippen molar-refractivity contribution in [3.8, 4) is 0 Å². The summed E-state index contributed by atoms with van der Waals surface area (Å²) in [5.74, 6) is 0.145. The van der Waals surface area contributed by atoms with Gasteiger partial charge in [-0.05, 0) is 12.1 Å². The first kappa shape index (κ1) is 15.0. The lowest BCUT2D eigenvalue weighted by atomic mass is 10.2. The molecule has 0 aliphatic carbocycles. The maximum atomic E-state index is 11.5. The Morgan fingerprint density at radius 2 is 1.56 bits per heavy atom. The third kappa shape index (κ3) is 6.59. The molecule has 100 valence electrons. The van der Waals surface area contributed by atoms with E-state index in [9.17, 15) is 4.79 Å². The summed E-state index contributed by atoms with van der Waals surface area (Å²) in [5, 5.41) is 0. The highest BCUT2D eigenvalue weighted by molar-refractivity contribution is 6.17. The van der Waals surface area contributed by atoms with Crippen molar-refractivity contribution in [1.82, 2.24) is 0 Å². The zero-order chi connectivity index (χ0) is 13.1. The summed E-state index contributed by atoms with van der Waals surface area (Å²) in [6, 6.07) is 8.86. The Hall–Kier alpha value is -1.10. The first-order valence-corrected chi connectivity index (χ1v) is 6.31. The Morgan fingerprint density at radius 1 is 0.944 bits per heavy atom. The molecule has 4 nitrogen and oxygen atoms in total. The van der Waals surface area contributed by atoms with Crippen LogP contribution in [0, 0.1) is 0 Å². The van der Waals surface area contributed by atoms with Crippen LogP contribution in [0.25, 0.3) is 0 Å². The van der Waals surface area contributed by atoms with Crippen LogP contribution in [0.3, 0.4) is 0 Å². The number of ether oxygens (including phenoxy) is 3. The molecule has 0 saturated carbocycles. The molecule has 1 aromatic rings. The lowest BCUT2D eigenvalue weighted by Gasteiger charge is -2.06. The molecular weight excluding hydrogens is 256 g/mol. The largest absolute Gasteiger partial charge is 0.460 e. The number of carbonyl (C=O) groups excluding carboxylic acids is 1. The van der Waals surface area contributed by atoms with Gasteiger partial charge in [0.2, 0.25) is 0 Å². The topological polar surface area (TPSA) is 44.8 Å². The van der Waals surface area contributed by atoms with Crippen molar-refractivity contribution in [2.75, 3.05) is 38.9 Å². The predicted octanol–water partition coefficient (Wildman–Crippen LogP) is 2.12. The van der Waals surface area contributed by atoms with Crippen molar-refractivity contribution in [3.63, 3.8) is 0 Å². The number of esters is 1. The minimum atomic E-state index is -0.336. The second-order valence-electron chi connectivity index (χ2n) is 3.42. The Morgan fingerprint density at radius 3 is 2.22 bits per heavy atom. The van der Waals surface area contributed by atoms with Gasteiger partial charge in [0.05, 0.1) is 32.0 Å². The van der Waals surface area contributed by atoms with Gasteiger partial charge in [0.1, 0.15) is 6.61 Å². The molecular formula is C13H17ClO4. The first-order valence-electron chi connectivity index (χ1n) is 5.78. The standard InChI is InChI=1S/C13H17ClO4/c14-6-7-16-8-9-17-10-11-18-13(15)12-4-2-1-3-5-12/h1-5H,6-11H2. The third-order valence-electron chi connectivity index (χ3n) is 2.06. The molecule has 1 rings (SSSR count). The van der Waals surface area contributed by atoms with Crippen molar-refractivity contribution in [1.29, 1.82) is 0 Å². The van der Waals surface area contributed by atoms with E-state index in [1.54, 1.807) is 24.3 Å². The summed E-state index contributed by atoms with van der Waals surface area (Å²) in [5.41, 5.74) is 0.544. The highest BCUT2D eigenvalue weighted by atomic mass is 35.5. The van der Waals surface area contributed by atoms with Crippen LogP contribution >= 0.6 is 11.6 Å². The van der Waals surface area contributed by atoms with Crippen LogP contribution in [0.4, 0.5) is 0 Å². The van der Waals surface area contributed by atoms with E-state index in [-0.39, 0.29) is 12.6 Å². The van der Waals surface area contributed by atoms with Crippen molar-refractivity contribution in [3.05, 3.63) is 35.9 Å². The predicted molar refractivity (Wildman–Crippen MR) is 69.1 cm³/mol. The molecule has 0 aromatic heterocycles. The molecule has 0 amide bonds. The molecule has 0 bridgehead atoms. The van der Waals surface area contributed by atoms with E-state index in [2.05, 4.69) is 0 Å². The molecule has 0 aliphatic heterocycles. The molecule has 5 heteroatoms. The summed E-state index contributed by atoms with van der Waals surface area (Å²) in [6.07, 6.45) is 0. The second kappa shape index (κ2) is 9.88. The molecule has 0 radical (unpaired) electrons. The molecule has 0 fully saturated rings. The van der Waals surface area contributed by atoms with E-state index >= 15 is 0 Å². The quantitative estimate of drug-likeness (QED) is 0.392. The van der Waals surface area contributed by atoms with E-state index in [1.807, 2.05) is 6.07 Å². The van der Waals surface area contributed by atoms with Crippen LogP contribution in [0.15, 0.2) is 30.3 Å². The van der Waals surface area contributed by atoms with Gasteiger partial charge in [-0.25, -0.2) is 4.79 Å². The van der Waals surface area contributed by atoms with Crippen molar-refractivity contribution < 1.29 is 19.0 Å². The second-order valence-corrected chi connectivity index (χ2v) is 3.79. The van der Waals surface area contributed by atoms with Gasteiger partial charge in [0, 0.05) is 5.88 Å². The summed E-state index contributed by atoms with van der Waals surface area (Å²) >= 11 is 5.43. The summed E-state index contributed by atoms with van der Waals surface area (Å²) in [7, 11) is 0. The number of hydrogen-bond donors (Lipinski definition) is 0. The van der Waals surface area contributed by atoms with E-state index in [0.29, 0.717) is 37.9 Å². The molecule has 0 unspecified atom stereocenters. The minimum absolute atomic E-state index is 0.239. The highest BCUT2D eigenvalue weighted by Gasteiger charge is 2.04. The monoisotopic (exact) mass is 272 g/mol. The molecule has 0 saturated heterocycles. The normalized spacial score (nSPS) is 10.3. The van der Waals surface area contributed by atoms with Gasteiger partial charge in [0.25, 0.3) is 0 Å².